The molecule has 0 saturated carbocycles. The van der Waals surface area contributed by atoms with Crippen LogP contribution in [-0.4, -0.2) is 50.4 Å². The van der Waals surface area contributed by atoms with Crippen molar-refractivity contribution in [2.45, 2.75) is 32.9 Å². The molecule has 1 aromatic heterocycles. The van der Waals surface area contributed by atoms with E-state index >= 15 is 0 Å². The number of hydrogen-bond acceptors (Lipinski definition) is 7. The van der Waals surface area contributed by atoms with E-state index in [1.807, 2.05) is 0 Å². The normalized spacial score (nSPS) is 14.9. The lowest BCUT2D eigenvalue weighted by molar-refractivity contribution is -0.114. The SMILES string of the molecule is CCOc1cc([C@H](CCS(=O)O)N2C(=O)c3csc(NC(C)=O)c3C2=O)ccc1OC(F)F. The molecule has 178 valence electrons. The maximum atomic E-state index is 13.2. The van der Waals surface area contributed by atoms with Gasteiger partial charge in [-0.2, -0.15) is 8.78 Å². The minimum atomic E-state index is -3.09. The second-order valence-corrected chi connectivity index (χ2v) is 8.79. The third-order valence-corrected chi connectivity index (χ3v) is 6.19. The first-order valence-corrected chi connectivity index (χ1v) is 11.9. The number of carbonyl (C=O) groups excluding carboxylic acids is 3. The van der Waals surface area contributed by atoms with E-state index in [4.69, 9.17) is 4.74 Å². The minimum absolute atomic E-state index is 0.0300. The molecule has 1 aliphatic rings. The lowest BCUT2D eigenvalue weighted by Crippen LogP contribution is -2.35. The van der Waals surface area contributed by atoms with Crippen molar-refractivity contribution in [3.8, 4) is 11.5 Å². The van der Waals surface area contributed by atoms with Gasteiger partial charge in [0.25, 0.3) is 11.8 Å². The first-order valence-electron chi connectivity index (χ1n) is 9.70. The number of carbonyl (C=O) groups is 3. The molecule has 33 heavy (non-hydrogen) atoms. The van der Waals surface area contributed by atoms with Crippen molar-refractivity contribution in [2.24, 2.45) is 0 Å². The van der Waals surface area contributed by atoms with E-state index in [-0.39, 0.29) is 46.4 Å². The zero-order valence-corrected chi connectivity index (χ0v) is 19.1. The van der Waals surface area contributed by atoms with E-state index in [2.05, 4.69) is 10.1 Å². The van der Waals surface area contributed by atoms with E-state index in [1.54, 1.807) is 6.92 Å². The number of anilines is 1. The molecule has 9 nitrogen and oxygen atoms in total. The average molecular weight is 503 g/mol. The van der Waals surface area contributed by atoms with E-state index in [0.717, 1.165) is 16.2 Å². The second kappa shape index (κ2) is 10.4. The molecule has 0 aliphatic carbocycles. The summed E-state index contributed by atoms with van der Waals surface area (Å²) in [6.45, 7) is -0.0528. The number of hydrogen-bond donors (Lipinski definition) is 2. The van der Waals surface area contributed by atoms with Gasteiger partial charge in [0, 0.05) is 12.3 Å². The van der Waals surface area contributed by atoms with E-state index < -0.39 is 41.5 Å². The fourth-order valence-corrected chi connectivity index (χ4v) is 4.85. The summed E-state index contributed by atoms with van der Waals surface area (Å²) in [6.07, 6.45) is -0.0790. The monoisotopic (exact) mass is 502 g/mol. The first kappa shape index (κ1) is 24.7. The highest BCUT2D eigenvalue weighted by molar-refractivity contribution is 7.79. The van der Waals surface area contributed by atoms with Crippen LogP contribution in [0, 0.1) is 0 Å². The Labute approximate surface area is 194 Å². The van der Waals surface area contributed by atoms with Gasteiger partial charge in [-0.1, -0.05) is 6.07 Å². The molecule has 0 bridgehead atoms. The lowest BCUT2D eigenvalue weighted by atomic mass is 10.0. The molecule has 2 N–H and O–H groups in total. The molecule has 3 rings (SSSR count). The van der Waals surface area contributed by atoms with Gasteiger partial charge in [-0.05, 0) is 31.0 Å². The van der Waals surface area contributed by atoms with Gasteiger partial charge in [0.05, 0.1) is 29.5 Å². The molecule has 2 aromatic rings. The fourth-order valence-electron chi connectivity index (χ4n) is 3.46. The van der Waals surface area contributed by atoms with Crippen LogP contribution >= 0.6 is 11.3 Å². The largest absolute Gasteiger partial charge is 0.490 e. The van der Waals surface area contributed by atoms with Crippen LogP contribution in [-0.2, 0) is 15.9 Å². The van der Waals surface area contributed by atoms with Gasteiger partial charge in [-0.3, -0.25) is 19.3 Å². The highest BCUT2D eigenvalue weighted by atomic mass is 32.2. The van der Waals surface area contributed by atoms with E-state index in [1.165, 1.54) is 30.5 Å². The van der Waals surface area contributed by atoms with Crippen LogP contribution in [0.4, 0.5) is 13.8 Å². The van der Waals surface area contributed by atoms with E-state index in [9.17, 15) is 31.9 Å². The van der Waals surface area contributed by atoms with Crippen molar-refractivity contribution in [3.63, 3.8) is 0 Å². The number of benzene rings is 1. The van der Waals surface area contributed by atoms with Crippen LogP contribution in [0.1, 0.15) is 52.6 Å². The Morgan fingerprint density at radius 1 is 1.27 bits per heavy atom. The Bertz CT molecular complexity index is 1110. The summed E-state index contributed by atoms with van der Waals surface area (Å²) in [7, 11) is 0. The predicted octanol–water partition coefficient (Wildman–Crippen LogP) is 3.66. The predicted molar refractivity (Wildman–Crippen MR) is 116 cm³/mol. The summed E-state index contributed by atoms with van der Waals surface area (Å²) in [4.78, 5) is 38.7. The number of halogens is 2. The Morgan fingerprint density at radius 3 is 2.61 bits per heavy atom. The molecule has 0 radical (unpaired) electrons. The van der Waals surface area contributed by atoms with Crippen molar-refractivity contribution < 1.29 is 41.4 Å². The summed E-state index contributed by atoms with van der Waals surface area (Å²) in [5.41, 5.74) is 0.465. The molecule has 1 unspecified atom stereocenters. The number of nitrogens with zero attached hydrogens (tertiary/aromatic N) is 1. The highest BCUT2D eigenvalue weighted by Crippen LogP contribution is 2.41. The molecule has 0 saturated heterocycles. The van der Waals surface area contributed by atoms with Gasteiger partial charge in [-0.15, -0.1) is 11.3 Å². The molecule has 2 atom stereocenters. The fraction of sp³-hybridized carbons (Fsp3) is 0.350. The number of fused-ring (bicyclic) bond motifs is 1. The van der Waals surface area contributed by atoms with Crippen LogP contribution in [0.5, 0.6) is 11.5 Å². The standard InChI is InChI=1S/C20H20F2N2O7S2/c1-3-30-15-8-11(4-5-14(15)31-20(21)22)13(6-7-33(28)29)24-18(26)12-9-32-17(23-10(2)25)16(12)19(24)27/h4-5,8-9,13,20H,3,6-7H2,1-2H3,(H,23,25)(H,28,29)/t13-/m0/s1. The third kappa shape index (κ3) is 5.37. The number of alkyl halides is 2. The zero-order chi connectivity index (χ0) is 24.3. The molecule has 0 fully saturated rings. The summed E-state index contributed by atoms with van der Waals surface area (Å²) >= 11 is -1.18. The maximum Gasteiger partial charge on any atom is 0.387 e. The molecule has 13 heteroatoms. The number of nitrogens with one attached hydrogen (secondary N) is 1. The Morgan fingerprint density at radius 2 is 2.00 bits per heavy atom. The summed E-state index contributed by atoms with van der Waals surface area (Å²) in [5, 5.41) is 4.19. The van der Waals surface area contributed by atoms with Gasteiger partial charge in [0.15, 0.2) is 22.6 Å². The van der Waals surface area contributed by atoms with Crippen LogP contribution in [0.3, 0.4) is 0 Å². The Kier molecular flexibility index (Phi) is 7.76. The zero-order valence-electron chi connectivity index (χ0n) is 17.5. The Hall–Kier alpha value is -2.90. The summed E-state index contributed by atoms with van der Waals surface area (Å²) in [6, 6.07) is 2.96. The lowest BCUT2D eigenvalue weighted by Gasteiger charge is -2.27. The van der Waals surface area contributed by atoms with Crippen molar-refractivity contribution in [1.29, 1.82) is 0 Å². The third-order valence-electron chi connectivity index (χ3n) is 4.71. The molecule has 1 aliphatic heterocycles. The summed E-state index contributed by atoms with van der Waals surface area (Å²) < 4.78 is 55.9. The van der Waals surface area contributed by atoms with Gasteiger partial charge < -0.3 is 19.3 Å². The molecular formula is C20H20F2N2O7S2. The smallest absolute Gasteiger partial charge is 0.387 e. The quantitative estimate of drug-likeness (QED) is 0.376. The number of imide groups is 1. The van der Waals surface area contributed by atoms with Gasteiger partial charge in [-0.25, -0.2) is 4.21 Å². The molecule has 3 amide bonds. The highest BCUT2D eigenvalue weighted by Gasteiger charge is 2.43. The van der Waals surface area contributed by atoms with Crippen molar-refractivity contribution in [1.82, 2.24) is 4.90 Å². The topological polar surface area (TPSA) is 122 Å². The molecule has 0 spiro atoms. The van der Waals surface area contributed by atoms with Crippen molar-refractivity contribution >= 4 is 45.1 Å². The van der Waals surface area contributed by atoms with Gasteiger partial charge >= 0.3 is 6.61 Å². The van der Waals surface area contributed by atoms with Crippen molar-refractivity contribution in [3.05, 3.63) is 40.3 Å². The minimum Gasteiger partial charge on any atom is -0.490 e. The van der Waals surface area contributed by atoms with Crippen LogP contribution in [0.2, 0.25) is 0 Å². The maximum absolute atomic E-state index is 13.2. The number of ether oxygens (including phenoxy) is 2. The summed E-state index contributed by atoms with van der Waals surface area (Å²) in [5.74, 6) is -2.25. The van der Waals surface area contributed by atoms with Crippen LogP contribution in [0.25, 0.3) is 0 Å². The van der Waals surface area contributed by atoms with Gasteiger partial charge in [0.1, 0.15) is 5.00 Å². The number of amides is 3. The van der Waals surface area contributed by atoms with Gasteiger partial charge in [0.2, 0.25) is 5.91 Å². The van der Waals surface area contributed by atoms with Crippen LogP contribution in [0.15, 0.2) is 23.6 Å². The number of thiophene rings is 1. The molecule has 1 aromatic carbocycles. The average Bonchev–Trinajstić information content (AvgIpc) is 3.24. The second-order valence-electron chi connectivity index (χ2n) is 6.86. The molecule has 2 heterocycles. The number of rotatable bonds is 10. The Balaban J connectivity index is 2.03. The van der Waals surface area contributed by atoms with E-state index in [0.29, 0.717) is 5.56 Å². The first-order chi connectivity index (χ1) is 15.6. The van der Waals surface area contributed by atoms with Crippen molar-refractivity contribution in [2.75, 3.05) is 17.7 Å². The van der Waals surface area contributed by atoms with Crippen LogP contribution < -0.4 is 14.8 Å². The molecular weight excluding hydrogens is 482 g/mol.